The first-order valence-corrected chi connectivity index (χ1v) is 6.79. The Labute approximate surface area is 106 Å². The highest BCUT2D eigenvalue weighted by molar-refractivity contribution is 7.07. The SMILES string of the molecule is CCc1cccnc1CNC(C)c1cscn1. The average Bonchev–Trinajstić information content (AvgIpc) is 2.90. The quantitative estimate of drug-likeness (QED) is 0.882. The molecule has 2 aromatic heterocycles. The summed E-state index contributed by atoms with van der Waals surface area (Å²) in [5.41, 5.74) is 5.41. The molecule has 2 aromatic rings. The van der Waals surface area contributed by atoms with Gasteiger partial charge in [0, 0.05) is 24.2 Å². The van der Waals surface area contributed by atoms with Gasteiger partial charge in [0.15, 0.2) is 0 Å². The third kappa shape index (κ3) is 3.11. The molecule has 0 aliphatic rings. The topological polar surface area (TPSA) is 37.8 Å². The van der Waals surface area contributed by atoms with E-state index in [1.165, 1.54) is 5.56 Å². The Morgan fingerprint density at radius 3 is 3.00 bits per heavy atom. The number of hydrogen-bond acceptors (Lipinski definition) is 4. The summed E-state index contributed by atoms with van der Waals surface area (Å²) in [4.78, 5) is 8.73. The maximum Gasteiger partial charge on any atom is 0.0795 e. The van der Waals surface area contributed by atoms with E-state index in [0.717, 1.165) is 24.4 Å². The van der Waals surface area contributed by atoms with Crippen molar-refractivity contribution in [3.63, 3.8) is 0 Å². The fourth-order valence-electron chi connectivity index (χ4n) is 1.74. The zero-order valence-electron chi connectivity index (χ0n) is 10.2. The van der Waals surface area contributed by atoms with Crippen molar-refractivity contribution in [1.29, 1.82) is 0 Å². The fourth-order valence-corrected chi connectivity index (χ4v) is 2.39. The minimum atomic E-state index is 0.271. The molecule has 0 spiro atoms. The highest BCUT2D eigenvalue weighted by Gasteiger charge is 2.08. The second kappa shape index (κ2) is 5.89. The van der Waals surface area contributed by atoms with Gasteiger partial charge in [0.05, 0.1) is 16.9 Å². The van der Waals surface area contributed by atoms with Crippen LogP contribution >= 0.6 is 11.3 Å². The molecular formula is C13H17N3S. The molecule has 0 bridgehead atoms. The predicted octanol–water partition coefficient (Wildman–Crippen LogP) is 2.95. The molecule has 4 heteroatoms. The summed E-state index contributed by atoms with van der Waals surface area (Å²) in [5, 5.41) is 5.54. The Bertz CT molecular complexity index is 453. The number of hydrogen-bond donors (Lipinski definition) is 1. The van der Waals surface area contributed by atoms with Crippen LogP contribution in [-0.2, 0) is 13.0 Å². The highest BCUT2D eigenvalue weighted by Crippen LogP contribution is 2.13. The molecule has 17 heavy (non-hydrogen) atoms. The molecule has 0 saturated carbocycles. The Balaban J connectivity index is 1.98. The van der Waals surface area contributed by atoms with Crippen molar-refractivity contribution in [2.75, 3.05) is 0 Å². The van der Waals surface area contributed by atoms with Crippen molar-refractivity contribution in [2.45, 2.75) is 32.9 Å². The smallest absolute Gasteiger partial charge is 0.0795 e. The van der Waals surface area contributed by atoms with Crippen LogP contribution in [-0.4, -0.2) is 9.97 Å². The second-order valence-electron chi connectivity index (χ2n) is 3.98. The molecule has 0 radical (unpaired) electrons. The minimum Gasteiger partial charge on any atom is -0.303 e. The highest BCUT2D eigenvalue weighted by atomic mass is 32.1. The van der Waals surface area contributed by atoms with Crippen molar-refractivity contribution in [3.05, 3.63) is 46.2 Å². The van der Waals surface area contributed by atoms with E-state index in [1.807, 2.05) is 17.8 Å². The van der Waals surface area contributed by atoms with Gasteiger partial charge in [-0.15, -0.1) is 11.3 Å². The van der Waals surface area contributed by atoms with E-state index in [9.17, 15) is 0 Å². The van der Waals surface area contributed by atoms with Crippen LogP contribution in [0.1, 0.15) is 36.8 Å². The lowest BCUT2D eigenvalue weighted by Crippen LogP contribution is -2.19. The van der Waals surface area contributed by atoms with Crippen molar-refractivity contribution in [1.82, 2.24) is 15.3 Å². The molecule has 0 aromatic carbocycles. The van der Waals surface area contributed by atoms with Gasteiger partial charge in [0.1, 0.15) is 0 Å². The van der Waals surface area contributed by atoms with E-state index >= 15 is 0 Å². The Morgan fingerprint density at radius 2 is 2.29 bits per heavy atom. The Kier molecular flexibility index (Phi) is 4.23. The number of aromatic nitrogens is 2. The van der Waals surface area contributed by atoms with Gasteiger partial charge in [0.25, 0.3) is 0 Å². The molecule has 0 amide bonds. The molecule has 1 N–H and O–H groups in total. The average molecular weight is 247 g/mol. The van der Waals surface area contributed by atoms with Crippen molar-refractivity contribution in [3.8, 4) is 0 Å². The summed E-state index contributed by atoms with van der Waals surface area (Å²) in [6.07, 6.45) is 2.87. The number of nitrogens with zero attached hydrogens (tertiary/aromatic N) is 2. The maximum atomic E-state index is 4.42. The van der Waals surface area contributed by atoms with Crippen LogP contribution in [0.25, 0.3) is 0 Å². The van der Waals surface area contributed by atoms with Crippen LogP contribution in [0.2, 0.25) is 0 Å². The summed E-state index contributed by atoms with van der Waals surface area (Å²) in [6, 6.07) is 4.40. The van der Waals surface area contributed by atoms with E-state index < -0.39 is 0 Å². The number of aryl methyl sites for hydroxylation is 1. The first kappa shape index (κ1) is 12.2. The van der Waals surface area contributed by atoms with Crippen LogP contribution in [0.5, 0.6) is 0 Å². The van der Waals surface area contributed by atoms with Gasteiger partial charge in [-0.3, -0.25) is 4.98 Å². The summed E-state index contributed by atoms with van der Waals surface area (Å²) < 4.78 is 0. The molecule has 0 saturated heterocycles. The van der Waals surface area contributed by atoms with Gasteiger partial charge in [-0.25, -0.2) is 4.98 Å². The van der Waals surface area contributed by atoms with Crippen LogP contribution in [0.3, 0.4) is 0 Å². The van der Waals surface area contributed by atoms with E-state index in [1.54, 1.807) is 11.3 Å². The maximum absolute atomic E-state index is 4.42. The van der Waals surface area contributed by atoms with Crippen molar-refractivity contribution in [2.24, 2.45) is 0 Å². The molecule has 90 valence electrons. The normalized spacial score (nSPS) is 12.6. The van der Waals surface area contributed by atoms with Gasteiger partial charge in [-0.1, -0.05) is 13.0 Å². The van der Waals surface area contributed by atoms with Gasteiger partial charge < -0.3 is 5.32 Å². The summed E-state index contributed by atoms with van der Waals surface area (Å²) in [5.74, 6) is 0. The third-order valence-corrected chi connectivity index (χ3v) is 3.44. The molecule has 2 heterocycles. The molecule has 0 aliphatic heterocycles. The number of pyridine rings is 1. The molecule has 3 nitrogen and oxygen atoms in total. The van der Waals surface area contributed by atoms with Crippen LogP contribution in [0.4, 0.5) is 0 Å². The third-order valence-electron chi connectivity index (χ3n) is 2.84. The zero-order valence-corrected chi connectivity index (χ0v) is 11.0. The van der Waals surface area contributed by atoms with Crippen LogP contribution in [0, 0.1) is 0 Å². The first-order valence-electron chi connectivity index (χ1n) is 5.85. The predicted molar refractivity (Wildman–Crippen MR) is 71.0 cm³/mol. The molecule has 0 aliphatic carbocycles. The van der Waals surface area contributed by atoms with Gasteiger partial charge in [-0.2, -0.15) is 0 Å². The number of rotatable bonds is 5. The van der Waals surface area contributed by atoms with Crippen molar-refractivity contribution >= 4 is 11.3 Å². The summed E-state index contributed by atoms with van der Waals surface area (Å²) >= 11 is 1.63. The lowest BCUT2D eigenvalue weighted by atomic mass is 10.1. The monoisotopic (exact) mass is 247 g/mol. The molecule has 1 unspecified atom stereocenters. The fraction of sp³-hybridized carbons (Fsp3) is 0.385. The van der Waals surface area contributed by atoms with Crippen LogP contribution < -0.4 is 5.32 Å². The van der Waals surface area contributed by atoms with Gasteiger partial charge >= 0.3 is 0 Å². The van der Waals surface area contributed by atoms with E-state index in [0.29, 0.717) is 0 Å². The number of nitrogens with one attached hydrogen (secondary N) is 1. The number of thiazole rings is 1. The minimum absolute atomic E-state index is 0.271. The van der Waals surface area contributed by atoms with E-state index in [-0.39, 0.29) is 6.04 Å². The van der Waals surface area contributed by atoms with E-state index in [2.05, 4.69) is 40.6 Å². The zero-order chi connectivity index (χ0) is 12.1. The van der Waals surface area contributed by atoms with Crippen LogP contribution in [0.15, 0.2) is 29.2 Å². The standard InChI is InChI=1S/C13H17N3S/c1-3-11-5-4-6-14-12(11)7-15-10(2)13-8-17-9-16-13/h4-6,8-10,15H,3,7H2,1-2H3. The second-order valence-corrected chi connectivity index (χ2v) is 4.70. The largest absolute Gasteiger partial charge is 0.303 e. The molecular weight excluding hydrogens is 230 g/mol. The summed E-state index contributed by atoms with van der Waals surface area (Å²) in [7, 11) is 0. The first-order chi connectivity index (χ1) is 8.31. The van der Waals surface area contributed by atoms with Crippen molar-refractivity contribution < 1.29 is 0 Å². The lowest BCUT2D eigenvalue weighted by Gasteiger charge is -2.12. The molecule has 0 fully saturated rings. The summed E-state index contributed by atoms with van der Waals surface area (Å²) in [6.45, 7) is 5.08. The Morgan fingerprint density at radius 1 is 1.41 bits per heavy atom. The van der Waals surface area contributed by atoms with Gasteiger partial charge in [-0.05, 0) is 25.0 Å². The van der Waals surface area contributed by atoms with E-state index in [4.69, 9.17) is 0 Å². The van der Waals surface area contributed by atoms with Gasteiger partial charge in [0.2, 0.25) is 0 Å². The molecule has 2 rings (SSSR count). The Hall–Kier alpha value is -1.26. The lowest BCUT2D eigenvalue weighted by molar-refractivity contribution is 0.555. The molecule has 1 atom stereocenters.